The van der Waals surface area contributed by atoms with Crippen molar-refractivity contribution in [1.82, 2.24) is 4.98 Å². The van der Waals surface area contributed by atoms with Gasteiger partial charge >= 0.3 is 0 Å². The highest BCUT2D eigenvalue weighted by molar-refractivity contribution is 6.12. The number of ketones is 1. The Morgan fingerprint density at radius 2 is 1.11 bits per heavy atom. The number of ether oxygens (including phenoxy) is 2. The number of aromatic nitrogens is 1. The third-order valence-corrected chi connectivity index (χ3v) is 6.78. The second-order valence-electron chi connectivity index (χ2n) is 11.6. The summed E-state index contributed by atoms with van der Waals surface area (Å²) in [4.78, 5) is 17.3. The van der Waals surface area contributed by atoms with Gasteiger partial charge in [0.2, 0.25) is 5.78 Å². The lowest BCUT2D eigenvalue weighted by Gasteiger charge is -2.19. The molecular formula is C33H37NO3. The predicted molar refractivity (Wildman–Crippen MR) is 152 cm³/mol. The molecule has 0 spiro atoms. The molecule has 4 nitrogen and oxygen atoms in total. The number of carbonyl (C=O) groups is 1. The summed E-state index contributed by atoms with van der Waals surface area (Å²) in [7, 11) is 3.17. The number of hydrogen-bond acceptors (Lipinski definition) is 3. The SMILES string of the molecule is COc1cc(OC)cc(C(=O)c2[nH]c(-c3ccc(C(C)(C)C)cc3)cc2-c2ccc(C(C)(C)C)cc2)c1. The van der Waals surface area contributed by atoms with E-state index in [4.69, 9.17) is 9.47 Å². The van der Waals surface area contributed by atoms with E-state index in [0.29, 0.717) is 22.8 Å². The van der Waals surface area contributed by atoms with Gasteiger partial charge in [-0.2, -0.15) is 0 Å². The molecule has 1 aromatic heterocycles. The van der Waals surface area contributed by atoms with Crippen molar-refractivity contribution in [2.24, 2.45) is 0 Å². The van der Waals surface area contributed by atoms with Crippen LogP contribution in [0.1, 0.15) is 68.7 Å². The molecule has 0 fully saturated rings. The first-order valence-corrected chi connectivity index (χ1v) is 12.6. The summed E-state index contributed by atoms with van der Waals surface area (Å²) in [5.74, 6) is 1.02. The molecule has 3 aromatic carbocycles. The summed E-state index contributed by atoms with van der Waals surface area (Å²) in [6.07, 6.45) is 0. The maximum Gasteiger partial charge on any atom is 0.210 e. The van der Waals surface area contributed by atoms with Gasteiger partial charge in [-0.15, -0.1) is 0 Å². The van der Waals surface area contributed by atoms with E-state index in [-0.39, 0.29) is 16.6 Å². The highest BCUT2D eigenvalue weighted by atomic mass is 16.5. The molecule has 1 heterocycles. The second-order valence-corrected chi connectivity index (χ2v) is 11.6. The molecule has 4 rings (SSSR count). The number of rotatable bonds is 6. The largest absolute Gasteiger partial charge is 0.497 e. The van der Waals surface area contributed by atoms with Crippen LogP contribution in [0.4, 0.5) is 0 Å². The summed E-state index contributed by atoms with van der Waals surface area (Å²) in [5.41, 5.74) is 7.44. The van der Waals surface area contributed by atoms with Crippen LogP contribution in [0.5, 0.6) is 11.5 Å². The van der Waals surface area contributed by atoms with E-state index in [1.807, 2.05) is 0 Å². The Balaban J connectivity index is 1.84. The fourth-order valence-corrected chi connectivity index (χ4v) is 4.40. The summed E-state index contributed by atoms with van der Waals surface area (Å²) >= 11 is 0. The molecule has 192 valence electrons. The molecule has 0 saturated carbocycles. The molecular weight excluding hydrogens is 458 g/mol. The summed E-state index contributed by atoms with van der Waals surface area (Å²) in [6.45, 7) is 13.2. The molecule has 4 aromatic rings. The van der Waals surface area contributed by atoms with Gasteiger partial charge in [0.25, 0.3) is 0 Å². The van der Waals surface area contributed by atoms with Crippen LogP contribution >= 0.6 is 0 Å². The van der Waals surface area contributed by atoms with Crippen LogP contribution in [0.3, 0.4) is 0 Å². The molecule has 0 amide bonds. The van der Waals surface area contributed by atoms with E-state index in [9.17, 15) is 4.79 Å². The second kappa shape index (κ2) is 9.93. The highest BCUT2D eigenvalue weighted by Gasteiger charge is 2.22. The van der Waals surface area contributed by atoms with Gasteiger partial charge in [-0.25, -0.2) is 0 Å². The molecule has 0 atom stereocenters. The monoisotopic (exact) mass is 495 g/mol. The normalized spacial score (nSPS) is 11.9. The number of H-pyrrole nitrogens is 1. The van der Waals surface area contributed by atoms with Gasteiger partial charge < -0.3 is 14.5 Å². The zero-order valence-electron chi connectivity index (χ0n) is 23.2. The summed E-state index contributed by atoms with van der Waals surface area (Å²) in [5, 5.41) is 0. The number of carbonyl (C=O) groups excluding carboxylic acids is 1. The van der Waals surface area contributed by atoms with Gasteiger partial charge in [0.15, 0.2) is 0 Å². The number of benzene rings is 3. The van der Waals surface area contributed by atoms with Crippen LogP contribution in [-0.4, -0.2) is 25.0 Å². The van der Waals surface area contributed by atoms with Crippen molar-refractivity contribution in [2.75, 3.05) is 14.2 Å². The van der Waals surface area contributed by atoms with Crippen LogP contribution in [0.15, 0.2) is 72.8 Å². The smallest absolute Gasteiger partial charge is 0.210 e. The predicted octanol–water partition coefficient (Wildman–Crippen LogP) is 8.19. The average molecular weight is 496 g/mol. The molecule has 0 unspecified atom stereocenters. The van der Waals surface area contributed by atoms with E-state index in [2.05, 4.69) is 101 Å². The van der Waals surface area contributed by atoms with E-state index < -0.39 is 0 Å². The van der Waals surface area contributed by atoms with Crippen molar-refractivity contribution in [2.45, 2.75) is 52.4 Å². The highest BCUT2D eigenvalue weighted by Crippen LogP contribution is 2.35. The molecule has 0 saturated heterocycles. The van der Waals surface area contributed by atoms with Gasteiger partial charge in [0, 0.05) is 22.9 Å². The van der Waals surface area contributed by atoms with Gasteiger partial charge in [0.05, 0.1) is 19.9 Å². The lowest BCUT2D eigenvalue weighted by molar-refractivity contribution is 0.103. The Kier molecular flexibility index (Phi) is 7.05. The lowest BCUT2D eigenvalue weighted by Crippen LogP contribution is -2.10. The first-order chi connectivity index (χ1) is 17.4. The van der Waals surface area contributed by atoms with Gasteiger partial charge in [-0.3, -0.25) is 4.79 Å². The lowest BCUT2D eigenvalue weighted by atomic mass is 9.86. The molecule has 0 aliphatic heterocycles. The minimum Gasteiger partial charge on any atom is -0.497 e. The van der Waals surface area contributed by atoms with Crippen molar-refractivity contribution < 1.29 is 14.3 Å². The van der Waals surface area contributed by atoms with Crippen molar-refractivity contribution in [1.29, 1.82) is 0 Å². The summed E-state index contributed by atoms with van der Waals surface area (Å²) in [6, 6.07) is 24.3. The van der Waals surface area contributed by atoms with Crippen LogP contribution < -0.4 is 9.47 Å². The van der Waals surface area contributed by atoms with Gasteiger partial charge in [0.1, 0.15) is 11.5 Å². The van der Waals surface area contributed by atoms with E-state index in [1.54, 1.807) is 32.4 Å². The van der Waals surface area contributed by atoms with Gasteiger partial charge in [-0.1, -0.05) is 90.1 Å². The Bertz CT molecular complexity index is 1370. The maximum atomic E-state index is 13.9. The first-order valence-electron chi connectivity index (χ1n) is 12.6. The molecule has 0 bridgehead atoms. The van der Waals surface area contributed by atoms with Crippen LogP contribution in [0.25, 0.3) is 22.4 Å². The standard InChI is InChI=1S/C33H37NO3/c1-32(2,3)24-13-9-21(10-14-24)28-20-29(22-11-15-25(16-12-22)33(4,5)6)34-30(28)31(35)23-17-26(36-7)19-27(18-23)37-8/h9-20,34H,1-8H3. The summed E-state index contributed by atoms with van der Waals surface area (Å²) < 4.78 is 10.8. The van der Waals surface area contributed by atoms with Crippen LogP contribution in [0.2, 0.25) is 0 Å². The molecule has 0 aliphatic carbocycles. The molecule has 37 heavy (non-hydrogen) atoms. The third kappa shape index (κ3) is 5.64. The number of methoxy groups -OCH3 is 2. The molecule has 4 heteroatoms. The minimum absolute atomic E-state index is 0.0480. The number of hydrogen-bond donors (Lipinski definition) is 1. The molecule has 1 N–H and O–H groups in total. The quantitative estimate of drug-likeness (QED) is 0.274. The van der Waals surface area contributed by atoms with Crippen molar-refractivity contribution >= 4 is 5.78 Å². The number of nitrogens with one attached hydrogen (secondary N) is 1. The van der Waals surface area contributed by atoms with E-state index in [1.165, 1.54) is 11.1 Å². The number of aromatic amines is 1. The third-order valence-electron chi connectivity index (χ3n) is 6.78. The average Bonchev–Trinajstić information content (AvgIpc) is 3.32. The van der Waals surface area contributed by atoms with Crippen molar-refractivity contribution in [3.63, 3.8) is 0 Å². The van der Waals surface area contributed by atoms with E-state index >= 15 is 0 Å². The fourth-order valence-electron chi connectivity index (χ4n) is 4.40. The van der Waals surface area contributed by atoms with Crippen molar-refractivity contribution in [3.05, 3.63) is 95.2 Å². The van der Waals surface area contributed by atoms with Crippen LogP contribution in [0, 0.1) is 0 Å². The Labute approximate surface area is 220 Å². The first kappa shape index (κ1) is 26.3. The molecule has 0 aliphatic rings. The Morgan fingerprint density at radius 3 is 1.54 bits per heavy atom. The Hall–Kier alpha value is -3.79. The van der Waals surface area contributed by atoms with Gasteiger partial charge in [-0.05, 0) is 51.3 Å². The zero-order valence-corrected chi connectivity index (χ0v) is 23.2. The topological polar surface area (TPSA) is 51.3 Å². The fraction of sp³-hybridized carbons (Fsp3) is 0.303. The maximum absolute atomic E-state index is 13.9. The Morgan fingerprint density at radius 1 is 0.649 bits per heavy atom. The van der Waals surface area contributed by atoms with Crippen LogP contribution in [-0.2, 0) is 10.8 Å². The zero-order chi connectivity index (χ0) is 27.0. The minimum atomic E-state index is -0.121. The molecule has 0 radical (unpaired) electrons. The van der Waals surface area contributed by atoms with E-state index in [0.717, 1.165) is 22.4 Å². The van der Waals surface area contributed by atoms with Crippen molar-refractivity contribution in [3.8, 4) is 33.9 Å².